The Bertz CT molecular complexity index is 965. The zero-order valence-electron chi connectivity index (χ0n) is 13.0. The van der Waals surface area contributed by atoms with Crippen LogP contribution in [-0.4, -0.2) is 30.9 Å². The summed E-state index contributed by atoms with van der Waals surface area (Å²) >= 11 is 5.79. The van der Waals surface area contributed by atoms with E-state index in [1.807, 2.05) is 0 Å². The number of hydrogen-bond donors (Lipinski definition) is 0. The van der Waals surface area contributed by atoms with Gasteiger partial charge in [0.2, 0.25) is 0 Å². The lowest BCUT2D eigenvalue weighted by Crippen LogP contribution is -2.11. The van der Waals surface area contributed by atoms with Crippen molar-refractivity contribution in [3.05, 3.63) is 64.2 Å². The van der Waals surface area contributed by atoms with Crippen molar-refractivity contribution in [3.63, 3.8) is 0 Å². The fourth-order valence-corrected chi connectivity index (χ4v) is 2.21. The van der Waals surface area contributed by atoms with Crippen LogP contribution in [0.3, 0.4) is 0 Å². The SMILES string of the molecule is Cn1nnc(/N=C(\c2cc(F)cc(C(F)(F)F)c2)c2ccc(Cl)cn2)n1. The Kier molecular flexibility index (Phi) is 4.68. The predicted octanol–water partition coefficient (Wildman–Crippen LogP) is 3.59. The van der Waals surface area contributed by atoms with Crippen molar-refractivity contribution in [2.45, 2.75) is 6.18 Å². The lowest BCUT2D eigenvalue weighted by atomic mass is 10.0. The van der Waals surface area contributed by atoms with Crippen molar-refractivity contribution in [1.29, 1.82) is 0 Å². The molecule has 0 bridgehead atoms. The molecule has 3 rings (SSSR count). The molecule has 0 aliphatic carbocycles. The Morgan fingerprint density at radius 2 is 1.96 bits per heavy atom. The van der Waals surface area contributed by atoms with Gasteiger partial charge in [-0.2, -0.15) is 18.0 Å². The van der Waals surface area contributed by atoms with Gasteiger partial charge in [0.15, 0.2) is 0 Å². The molecule has 2 aromatic heterocycles. The summed E-state index contributed by atoms with van der Waals surface area (Å²) in [6.07, 6.45) is -3.43. The number of aryl methyl sites for hydroxylation is 1. The second-order valence-corrected chi connectivity index (χ2v) is 5.56. The summed E-state index contributed by atoms with van der Waals surface area (Å²) in [6.45, 7) is 0. The molecule has 2 heterocycles. The summed E-state index contributed by atoms with van der Waals surface area (Å²) in [5.74, 6) is -1.18. The monoisotopic (exact) mass is 384 g/mol. The van der Waals surface area contributed by atoms with Crippen molar-refractivity contribution in [3.8, 4) is 0 Å². The van der Waals surface area contributed by atoms with Gasteiger partial charge in [0.25, 0.3) is 5.95 Å². The zero-order valence-corrected chi connectivity index (χ0v) is 13.8. The average Bonchev–Trinajstić information content (AvgIpc) is 2.97. The molecule has 0 radical (unpaired) electrons. The van der Waals surface area contributed by atoms with Crippen molar-refractivity contribution in [1.82, 2.24) is 25.2 Å². The highest BCUT2D eigenvalue weighted by atomic mass is 35.5. The van der Waals surface area contributed by atoms with E-state index in [1.54, 1.807) is 0 Å². The van der Waals surface area contributed by atoms with Gasteiger partial charge in [-0.05, 0) is 35.5 Å². The van der Waals surface area contributed by atoms with Crippen molar-refractivity contribution in [2.24, 2.45) is 12.0 Å². The number of alkyl halides is 3. The summed E-state index contributed by atoms with van der Waals surface area (Å²) in [5, 5.41) is 11.4. The predicted molar refractivity (Wildman–Crippen MR) is 84.7 cm³/mol. The van der Waals surface area contributed by atoms with Gasteiger partial charge in [-0.1, -0.05) is 16.7 Å². The number of tetrazole rings is 1. The van der Waals surface area contributed by atoms with Gasteiger partial charge in [-0.25, -0.2) is 9.38 Å². The minimum atomic E-state index is -4.72. The molecule has 6 nitrogen and oxygen atoms in total. The number of pyridine rings is 1. The van der Waals surface area contributed by atoms with Crippen LogP contribution in [0.4, 0.5) is 23.5 Å². The van der Waals surface area contributed by atoms with Crippen LogP contribution in [-0.2, 0) is 13.2 Å². The highest BCUT2D eigenvalue weighted by Crippen LogP contribution is 2.31. The van der Waals surface area contributed by atoms with E-state index in [2.05, 4.69) is 25.4 Å². The smallest absolute Gasteiger partial charge is 0.253 e. The van der Waals surface area contributed by atoms with E-state index in [9.17, 15) is 17.6 Å². The highest BCUT2D eigenvalue weighted by Gasteiger charge is 2.32. The number of aromatic nitrogens is 5. The summed E-state index contributed by atoms with van der Waals surface area (Å²) in [4.78, 5) is 9.24. The third kappa shape index (κ3) is 4.02. The van der Waals surface area contributed by atoms with Gasteiger partial charge in [0.05, 0.1) is 23.3 Å². The van der Waals surface area contributed by atoms with Gasteiger partial charge in [-0.3, -0.25) is 4.98 Å². The molecule has 3 aromatic rings. The Morgan fingerprint density at radius 3 is 2.54 bits per heavy atom. The fourth-order valence-electron chi connectivity index (χ4n) is 2.09. The number of nitrogens with zero attached hydrogens (tertiary/aromatic N) is 6. The van der Waals surface area contributed by atoms with Crippen molar-refractivity contribution >= 4 is 23.3 Å². The lowest BCUT2D eigenvalue weighted by molar-refractivity contribution is -0.137. The van der Waals surface area contributed by atoms with Crippen LogP contribution >= 0.6 is 11.6 Å². The molecule has 134 valence electrons. The molecule has 0 fully saturated rings. The Hall–Kier alpha value is -2.88. The minimum absolute atomic E-state index is 0.0559. The molecule has 26 heavy (non-hydrogen) atoms. The quantitative estimate of drug-likeness (QED) is 0.511. The third-order valence-corrected chi connectivity index (χ3v) is 3.40. The molecule has 0 atom stereocenters. The Labute approximate surface area is 149 Å². The molecule has 0 saturated carbocycles. The van der Waals surface area contributed by atoms with E-state index < -0.39 is 17.6 Å². The molecule has 0 amide bonds. The molecule has 0 unspecified atom stereocenters. The topological polar surface area (TPSA) is 68.8 Å². The first-order valence-corrected chi connectivity index (χ1v) is 7.43. The maximum absolute atomic E-state index is 13.8. The van der Waals surface area contributed by atoms with Crippen LogP contribution in [0.2, 0.25) is 5.02 Å². The van der Waals surface area contributed by atoms with Crippen molar-refractivity contribution in [2.75, 3.05) is 0 Å². The summed E-state index contributed by atoms with van der Waals surface area (Å²) in [7, 11) is 1.50. The number of hydrogen-bond acceptors (Lipinski definition) is 5. The van der Waals surface area contributed by atoms with Gasteiger partial charge in [0, 0.05) is 11.8 Å². The fraction of sp³-hybridized carbons (Fsp3) is 0.133. The zero-order chi connectivity index (χ0) is 18.9. The number of halogens is 5. The number of rotatable bonds is 3. The van der Waals surface area contributed by atoms with E-state index in [0.717, 1.165) is 16.9 Å². The molecule has 0 aliphatic rings. The number of aliphatic imine (C=N–C) groups is 1. The summed E-state index contributed by atoms with van der Waals surface area (Å²) in [5.41, 5.74) is -1.18. The van der Waals surface area contributed by atoms with Crippen LogP contribution in [0.1, 0.15) is 16.8 Å². The molecule has 0 N–H and O–H groups in total. The first-order valence-electron chi connectivity index (χ1n) is 7.05. The molecule has 11 heteroatoms. The van der Waals surface area contributed by atoms with Gasteiger partial charge in [0.1, 0.15) is 11.5 Å². The van der Waals surface area contributed by atoms with Gasteiger partial charge < -0.3 is 0 Å². The molecule has 0 aliphatic heterocycles. The second-order valence-electron chi connectivity index (χ2n) is 5.13. The standard InChI is InChI=1S/C15H9ClF4N6/c1-26-24-14(23-25-26)22-13(12-3-2-10(16)7-21-12)8-4-9(15(18,19)20)6-11(17)5-8/h2-7H,1H3/b22-13+. The molecular weight excluding hydrogens is 376 g/mol. The Balaban J connectivity index is 2.19. The van der Waals surface area contributed by atoms with E-state index in [0.29, 0.717) is 11.1 Å². The van der Waals surface area contributed by atoms with Crippen LogP contribution in [0.15, 0.2) is 41.5 Å². The van der Waals surface area contributed by atoms with E-state index in [-0.39, 0.29) is 22.9 Å². The average molecular weight is 385 g/mol. The molecule has 1 aromatic carbocycles. The highest BCUT2D eigenvalue weighted by molar-refractivity contribution is 6.30. The largest absolute Gasteiger partial charge is 0.416 e. The molecular formula is C15H9ClF4N6. The molecule has 0 saturated heterocycles. The summed E-state index contributed by atoms with van der Waals surface area (Å²) < 4.78 is 52.9. The third-order valence-electron chi connectivity index (χ3n) is 3.18. The van der Waals surface area contributed by atoms with Crippen LogP contribution < -0.4 is 0 Å². The van der Waals surface area contributed by atoms with E-state index in [1.165, 1.54) is 25.4 Å². The van der Waals surface area contributed by atoms with Crippen molar-refractivity contribution < 1.29 is 17.6 Å². The minimum Gasteiger partial charge on any atom is -0.253 e. The maximum atomic E-state index is 13.8. The van der Waals surface area contributed by atoms with E-state index >= 15 is 0 Å². The lowest BCUT2D eigenvalue weighted by Gasteiger charge is -2.11. The molecule has 0 spiro atoms. The van der Waals surface area contributed by atoms with Crippen LogP contribution in [0.25, 0.3) is 0 Å². The summed E-state index contributed by atoms with van der Waals surface area (Å²) in [6, 6.07) is 5.01. The Morgan fingerprint density at radius 1 is 1.19 bits per heavy atom. The van der Waals surface area contributed by atoms with Crippen LogP contribution in [0, 0.1) is 5.82 Å². The van der Waals surface area contributed by atoms with Gasteiger partial charge >= 0.3 is 6.18 Å². The first kappa shape index (κ1) is 17.9. The maximum Gasteiger partial charge on any atom is 0.416 e. The number of benzene rings is 1. The normalized spacial score (nSPS) is 12.5. The first-order chi connectivity index (χ1) is 12.2. The van der Waals surface area contributed by atoms with E-state index in [4.69, 9.17) is 11.6 Å². The second kappa shape index (κ2) is 6.79. The van der Waals surface area contributed by atoms with Gasteiger partial charge in [-0.15, -0.1) is 5.10 Å². The van der Waals surface area contributed by atoms with Crippen LogP contribution in [0.5, 0.6) is 0 Å².